The van der Waals surface area contributed by atoms with E-state index >= 15 is 0 Å². The first-order valence-corrected chi connectivity index (χ1v) is 16.5. The smallest absolute Gasteiger partial charge is 0.457 e. The molecule has 43 heavy (non-hydrogen) atoms. The van der Waals surface area contributed by atoms with Gasteiger partial charge in [-0.05, 0) is 57.1 Å². The highest BCUT2D eigenvalue weighted by molar-refractivity contribution is 7.09. The van der Waals surface area contributed by atoms with Crippen molar-refractivity contribution >= 4 is 70.1 Å². The number of nitrogens with zero attached hydrogens (tertiary/aromatic N) is 1. The summed E-state index contributed by atoms with van der Waals surface area (Å²) in [7, 11) is 0. The van der Waals surface area contributed by atoms with E-state index in [-0.39, 0.29) is 30.0 Å². The molecule has 240 valence electrons. The molecule has 0 spiro atoms. The minimum atomic E-state index is -1.79. The van der Waals surface area contributed by atoms with Gasteiger partial charge in [0, 0.05) is 23.6 Å². The maximum atomic E-state index is 13.9. The Balaban J connectivity index is 2.37. The summed E-state index contributed by atoms with van der Waals surface area (Å²) in [5.41, 5.74) is 1.91. The lowest BCUT2D eigenvalue weighted by Gasteiger charge is -2.36. The van der Waals surface area contributed by atoms with Gasteiger partial charge in [0.05, 0.1) is 16.6 Å². The number of allylic oxidation sites excluding steroid dienone is 3. The van der Waals surface area contributed by atoms with Gasteiger partial charge in [-0.1, -0.05) is 93.2 Å². The van der Waals surface area contributed by atoms with E-state index in [1.165, 1.54) is 0 Å². The molecule has 0 aromatic carbocycles. The summed E-state index contributed by atoms with van der Waals surface area (Å²) in [6.07, 6.45) is 7.61. The third-order valence-corrected chi connectivity index (χ3v) is 9.10. The first kappa shape index (κ1) is 37.3. The Hall–Kier alpha value is -1.87. The van der Waals surface area contributed by atoms with Crippen LogP contribution < -0.4 is 0 Å². The number of Topliss-reactive ketones (excluding diaryl/α,β-unsaturated/α-hetero) is 1. The Morgan fingerprint density at radius 2 is 1.84 bits per heavy atom. The number of carbonyl (C=O) groups excluding carboxylic acids is 3. The van der Waals surface area contributed by atoms with Gasteiger partial charge >= 0.3 is 12.1 Å². The predicted molar refractivity (Wildman–Crippen MR) is 175 cm³/mol. The molecule has 5 atom stereocenters. The molecule has 1 aromatic rings. The Morgan fingerprint density at radius 1 is 1.16 bits per heavy atom. The van der Waals surface area contributed by atoms with Gasteiger partial charge in [0.2, 0.25) is 3.79 Å². The average molecular weight is 677 g/mol. The molecule has 2 heterocycles. The molecule has 0 radical (unpaired) electrons. The van der Waals surface area contributed by atoms with E-state index in [0.29, 0.717) is 19.3 Å². The zero-order valence-electron chi connectivity index (χ0n) is 26.2. The van der Waals surface area contributed by atoms with Gasteiger partial charge in [0.25, 0.3) is 0 Å². The number of carbonyl (C=O) groups is 3. The van der Waals surface area contributed by atoms with Crippen LogP contribution >= 0.6 is 46.1 Å². The van der Waals surface area contributed by atoms with Crippen molar-refractivity contribution in [2.45, 2.75) is 97.1 Å². The second kappa shape index (κ2) is 16.4. The summed E-state index contributed by atoms with van der Waals surface area (Å²) in [6.45, 7) is 14.5. The number of cyclic esters (lactones) is 1. The van der Waals surface area contributed by atoms with Gasteiger partial charge in [-0.25, -0.2) is 9.78 Å². The standard InChI is InChI=1S/C32H44Cl3NO6S/c1-19-11-9-10-12-20(2)28(42-30(39)40-18-32(33,34)35)23(5)29(38)31(7,8)22(4)16-27(37)41-26(14-13-19)21(3)15-25-17-43-24(6)36-25/h9-10,13,15,17,20,22-23,26,28H,11-12,14,16,18H2,1-8H3/b10-9+,19-13-,21-15+/t20-,22-,23+,26-,28-/m0/s1. The van der Waals surface area contributed by atoms with Gasteiger partial charge in [-0.15, -0.1) is 11.3 Å². The summed E-state index contributed by atoms with van der Waals surface area (Å²) in [5, 5.41) is 2.94. The van der Waals surface area contributed by atoms with Crippen molar-refractivity contribution in [3.05, 3.63) is 45.5 Å². The topological polar surface area (TPSA) is 91.8 Å². The number of hydrogen-bond donors (Lipinski definition) is 0. The Labute approximate surface area is 275 Å². The molecule has 0 aliphatic carbocycles. The Kier molecular flexibility index (Phi) is 14.3. The molecule has 1 aliphatic rings. The summed E-state index contributed by atoms with van der Waals surface area (Å²) >= 11 is 18.7. The highest BCUT2D eigenvalue weighted by atomic mass is 35.6. The van der Waals surface area contributed by atoms with E-state index in [4.69, 9.17) is 49.0 Å². The molecular weight excluding hydrogens is 633 g/mol. The number of aryl methyl sites for hydroxylation is 1. The lowest BCUT2D eigenvalue weighted by atomic mass is 9.69. The number of rotatable bonds is 4. The van der Waals surface area contributed by atoms with Crippen molar-refractivity contribution < 1.29 is 28.6 Å². The number of halogens is 3. The minimum Gasteiger partial charge on any atom is -0.457 e. The zero-order valence-corrected chi connectivity index (χ0v) is 29.3. The van der Waals surface area contributed by atoms with Crippen molar-refractivity contribution in [1.82, 2.24) is 4.98 Å². The van der Waals surface area contributed by atoms with Crippen LogP contribution in [0.25, 0.3) is 6.08 Å². The van der Waals surface area contributed by atoms with Crippen molar-refractivity contribution in [2.24, 2.45) is 23.2 Å². The highest BCUT2D eigenvalue weighted by Crippen LogP contribution is 2.37. The van der Waals surface area contributed by atoms with E-state index in [2.05, 4.69) is 11.1 Å². The third-order valence-electron chi connectivity index (χ3n) is 7.98. The van der Waals surface area contributed by atoms with Gasteiger partial charge in [-0.2, -0.15) is 0 Å². The molecule has 0 saturated heterocycles. The number of ketones is 1. The van der Waals surface area contributed by atoms with Crippen molar-refractivity contribution in [3.8, 4) is 0 Å². The second-order valence-corrected chi connectivity index (χ2v) is 15.6. The van der Waals surface area contributed by atoms with Crippen molar-refractivity contribution in [3.63, 3.8) is 0 Å². The fourth-order valence-corrected chi connectivity index (χ4v) is 5.63. The Morgan fingerprint density at radius 3 is 2.44 bits per heavy atom. The molecule has 1 aliphatic heterocycles. The maximum absolute atomic E-state index is 13.9. The lowest BCUT2D eigenvalue weighted by molar-refractivity contribution is -0.150. The largest absolute Gasteiger partial charge is 0.508 e. The van der Waals surface area contributed by atoms with E-state index in [1.54, 1.807) is 32.1 Å². The van der Waals surface area contributed by atoms with Crippen molar-refractivity contribution in [2.75, 3.05) is 6.61 Å². The van der Waals surface area contributed by atoms with E-state index in [9.17, 15) is 14.4 Å². The van der Waals surface area contributed by atoms with Gasteiger partial charge < -0.3 is 14.2 Å². The fourth-order valence-electron chi connectivity index (χ4n) is 4.89. The van der Waals surface area contributed by atoms with Gasteiger partial charge in [-0.3, -0.25) is 9.59 Å². The van der Waals surface area contributed by atoms with E-state index in [1.807, 2.05) is 58.2 Å². The van der Waals surface area contributed by atoms with Crippen molar-refractivity contribution in [1.29, 1.82) is 0 Å². The number of ether oxygens (including phenoxy) is 3. The van der Waals surface area contributed by atoms with Crippen LogP contribution in [-0.2, 0) is 23.8 Å². The van der Waals surface area contributed by atoms with E-state index in [0.717, 1.165) is 21.8 Å². The van der Waals surface area contributed by atoms with Crippen LogP contribution in [0.2, 0.25) is 0 Å². The van der Waals surface area contributed by atoms with Crippen LogP contribution in [0.15, 0.2) is 34.8 Å². The Bertz CT molecular complexity index is 1220. The lowest BCUT2D eigenvalue weighted by Crippen LogP contribution is -2.44. The van der Waals surface area contributed by atoms with Crippen LogP contribution in [0, 0.1) is 30.1 Å². The second-order valence-electron chi connectivity index (χ2n) is 12.0. The van der Waals surface area contributed by atoms with Crippen LogP contribution in [0.5, 0.6) is 0 Å². The number of aromatic nitrogens is 1. The summed E-state index contributed by atoms with van der Waals surface area (Å²) in [5.74, 6) is -1.82. The molecule has 0 bridgehead atoms. The molecule has 11 heteroatoms. The molecule has 0 saturated carbocycles. The first-order valence-electron chi connectivity index (χ1n) is 14.5. The summed E-state index contributed by atoms with van der Waals surface area (Å²) in [6, 6.07) is 0. The fraction of sp³-hybridized carbons (Fsp3) is 0.625. The monoisotopic (exact) mass is 675 g/mol. The molecular formula is C32H44Cl3NO6S. The molecule has 2 rings (SSSR count). The highest BCUT2D eigenvalue weighted by Gasteiger charge is 2.43. The molecule has 0 fully saturated rings. The summed E-state index contributed by atoms with van der Waals surface area (Å²) in [4.78, 5) is 44.2. The first-order chi connectivity index (χ1) is 19.9. The predicted octanol–water partition coefficient (Wildman–Crippen LogP) is 9.24. The number of hydrogen-bond acceptors (Lipinski definition) is 8. The van der Waals surface area contributed by atoms with E-state index < -0.39 is 40.1 Å². The average Bonchev–Trinajstić information content (AvgIpc) is 3.32. The number of esters is 1. The minimum absolute atomic E-state index is 0.0433. The van der Waals surface area contributed by atoms with Crippen LogP contribution in [0.4, 0.5) is 4.79 Å². The van der Waals surface area contributed by atoms with Gasteiger partial charge in [0.15, 0.2) is 0 Å². The molecule has 0 N–H and O–H groups in total. The SMILES string of the molecule is C/C1=C/C[C@@H](/C(C)=C/c2csc(C)n2)OC(=O)C[C@H](C)C(C)(C)C(=O)[C@H](C)[C@@H](OC(=O)OCC(Cl)(Cl)Cl)[C@@H](C)C/C=C/C1. The molecule has 1 aromatic heterocycles. The van der Waals surface area contributed by atoms with Gasteiger partial charge in [0.1, 0.15) is 24.6 Å². The maximum Gasteiger partial charge on any atom is 0.508 e. The third kappa shape index (κ3) is 12.2. The number of alkyl halides is 3. The zero-order chi connectivity index (χ0) is 32.5. The number of thiazole rings is 1. The molecule has 0 amide bonds. The van der Waals surface area contributed by atoms with Crippen LogP contribution in [0.3, 0.4) is 0 Å². The summed E-state index contributed by atoms with van der Waals surface area (Å²) < 4.78 is 14.9. The van der Waals surface area contributed by atoms with Crippen LogP contribution in [0.1, 0.15) is 84.9 Å². The molecule has 7 nitrogen and oxygen atoms in total. The normalized spacial score (nSPS) is 28.7. The quantitative estimate of drug-likeness (QED) is 0.178. The van der Waals surface area contributed by atoms with Crippen LogP contribution in [-0.4, -0.2) is 45.5 Å². The molecule has 0 unspecified atom stereocenters.